The van der Waals surface area contributed by atoms with Gasteiger partial charge in [-0.1, -0.05) is 12.1 Å². The van der Waals surface area contributed by atoms with Gasteiger partial charge in [0.05, 0.1) is 17.4 Å². The van der Waals surface area contributed by atoms with E-state index >= 15 is 0 Å². The second-order valence-electron chi connectivity index (χ2n) is 4.51. The van der Waals surface area contributed by atoms with Gasteiger partial charge in [0.15, 0.2) is 0 Å². The Balaban J connectivity index is 2.10. The van der Waals surface area contributed by atoms with Crippen LogP contribution >= 0.6 is 0 Å². The Bertz CT molecular complexity index is 804. The fourth-order valence-electron chi connectivity index (χ4n) is 2.13. The molecule has 0 amide bonds. The highest BCUT2D eigenvalue weighted by atomic mass is 16.5. The first-order chi connectivity index (χ1) is 9.79. The summed E-state index contributed by atoms with van der Waals surface area (Å²) in [6.07, 6.45) is 0.569. The monoisotopic (exact) mass is 270 g/mol. The number of ether oxygens (including phenoxy) is 1. The van der Waals surface area contributed by atoms with Crippen LogP contribution in [0.15, 0.2) is 51.7 Å². The van der Waals surface area contributed by atoms with E-state index < -0.39 is 0 Å². The molecule has 102 valence electrons. The van der Waals surface area contributed by atoms with Crippen molar-refractivity contribution in [1.29, 1.82) is 0 Å². The van der Waals surface area contributed by atoms with Crippen molar-refractivity contribution in [2.75, 3.05) is 13.2 Å². The van der Waals surface area contributed by atoms with E-state index in [1.807, 2.05) is 12.1 Å². The second-order valence-corrected chi connectivity index (χ2v) is 4.51. The molecule has 4 nitrogen and oxygen atoms in total. The lowest BCUT2D eigenvalue weighted by Gasteiger charge is -2.06. The molecule has 4 heteroatoms. The van der Waals surface area contributed by atoms with Gasteiger partial charge in [-0.15, -0.1) is 0 Å². The summed E-state index contributed by atoms with van der Waals surface area (Å²) < 4.78 is 11.2. The molecule has 0 spiro atoms. The average molecular weight is 270 g/mol. The number of aliphatic hydroxyl groups excluding tert-OH is 1. The van der Waals surface area contributed by atoms with E-state index in [1.165, 1.54) is 0 Å². The van der Waals surface area contributed by atoms with Crippen molar-refractivity contribution in [3.63, 3.8) is 0 Å². The maximum absolute atomic E-state index is 12.3. The molecule has 0 aliphatic rings. The van der Waals surface area contributed by atoms with Crippen molar-refractivity contribution in [1.82, 2.24) is 0 Å². The molecule has 20 heavy (non-hydrogen) atoms. The van der Waals surface area contributed by atoms with Gasteiger partial charge in [-0.2, -0.15) is 0 Å². The van der Waals surface area contributed by atoms with Crippen molar-refractivity contribution in [3.05, 3.63) is 52.7 Å². The lowest BCUT2D eigenvalue weighted by atomic mass is 10.1. The summed E-state index contributed by atoms with van der Waals surface area (Å²) in [5, 5.41) is 9.85. The molecule has 1 heterocycles. The van der Waals surface area contributed by atoms with Crippen molar-refractivity contribution >= 4 is 21.9 Å². The summed E-state index contributed by atoms with van der Waals surface area (Å²) in [6.45, 7) is 0.521. The predicted molar refractivity (Wildman–Crippen MR) is 77.2 cm³/mol. The highest BCUT2D eigenvalue weighted by Gasteiger charge is 2.08. The van der Waals surface area contributed by atoms with E-state index in [0.29, 0.717) is 40.7 Å². The fraction of sp³-hybridized carbons (Fsp3) is 0.188. The van der Waals surface area contributed by atoms with Crippen LogP contribution in [0.1, 0.15) is 6.42 Å². The Labute approximate surface area is 115 Å². The molecular formula is C16H14O4. The zero-order valence-corrected chi connectivity index (χ0v) is 10.8. The summed E-state index contributed by atoms with van der Waals surface area (Å²) in [4.78, 5) is 12.3. The number of para-hydroxylation sites is 1. The number of rotatable bonds is 4. The normalized spacial score (nSPS) is 11.1. The van der Waals surface area contributed by atoms with Crippen molar-refractivity contribution < 1.29 is 14.3 Å². The van der Waals surface area contributed by atoms with Crippen LogP contribution in [0, 0.1) is 0 Å². The predicted octanol–water partition coefficient (Wildman–Crippen LogP) is 2.71. The molecule has 0 saturated heterocycles. The van der Waals surface area contributed by atoms with Gasteiger partial charge in [-0.05, 0) is 24.3 Å². The quantitative estimate of drug-likeness (QED) is 0.585. The van der Waals surface area contributed by atoms with Crippen LogP contribution in [-0.2, 0) is 0 Å². The molecule has 3 rings (SSSR count). The SMILES string of the molecule is O=c1c2ccccc2oc2cc(OCCCO)ccc12. The molecule has 0 bridgehead atoms. The van der Waals surface area contributed by atoms with Gasteiger partial charge in [0.1, 0.15) is 16.9 Å². The van der Waals surface area contributed by atoms with Gasteiger partial charge in [0.25, 0.3) is 0 Å². The number of benzene rings is 2. The molecule has 0 fully saturated rings. The third-order valence-corrected chi connectivity index (χ3v) is 3.12. The standard InChI is InChI=1S/C16H14O4/c17-8-3-9-19-11-6-7-13-15(10-11)20-14-5-2-1-4-12(14)16(13)18/h1-2,4-7,10,17H,3,8-9H2. The fourth-order valence-corrected chi connectivity index (χ4v) is 2.13. The van der Waals surface area contributed by atoms with Crippen LogP contribution < -0.4 is 10.2 Å². The molecule has 0 aliphatic heterocycles. The van der Waals surface area contributed by atoms with Crippen LogP contribution in [0.5, 0.6) is 5.75 Å². The zero-order chi connectivity index (χ0) is 13.9. The Morgan fingerprint density at radius 2 is 1.85 bits per heavy atom. The van der Waals surface area contributed by atoms with Gasteiger partial charge in [0.2, 0.25) is 5.43 Å². The first-order valence-electron chi connectivity index (χ1n) is 6.49. The average Bonchev–Trinajstić information content (AvgIpc) is 2.48. The summed E-state index contributed by atoms with van der Waals surface area (Å²) in [5.74, 6) is 0.629. The molecule has 1 aromatic heterocycles. The topological polar surface area (TPSA) is 59.7 Å². The Hall–Kier alpha value is -2.33. The van der Waals surface area contributed by atoms with E-state index in [-0.39, 0.29) is 12.0 Å². The Morgan fingerprint density at radius 3 is 2.70 bits per heavy atom. The van der Waals surface area contributed by atoms with Crippen LogP contribution in [0.4, 0.5) is 0 Å². The summed E-state index contributed by atoms with van der Waals surface area (Å²) in [5.41, 5.74) is 1.04. The molecule has 2 aromatic carbocycles. The van der Waals surface area contributed by atoms with E-state index in [0.717, 1.165) is 0 Å². The molecular weight excluding hydrogens is 256 g/mol. The van der Waals surface area contributed by atoms with Gasteiger partial charge in [-0.25, -0.2) is 0 Å². The molecule has 3 aromatic rings. The summed E-state index contributed by atoms with van der Waals surface area (Å²) in [7, 11) is 0. The maximum Gasteiger partial charge on any atom is 0.200 e. The molecule has 0 saturated carbocycles. The van der Waals surface area contributed by atoms with Crippen LogP contribution in [0.3, 0.4) is 0 Å². The first kappa shape index (κ1) is 12.7. The smallest absolute Gasteiger partial charge is 0.200 e. The Morgan fingerprint density at radius 1 is 1.05 bits per heavy atom. The number of hydrogen-bond donors (Lipinski definition) is 1. The van der Waals surface area contributed by atoms with E-state index in [1.54, 1.807) is 30.3 Å². The van der Waals surface area contributed by atoms with Gasteiger partial charge < -0.3 is 14.3 Å². The number of hydrogen-bond acceptors (Lipinski definition) is 4. The van der Waals surface area contributed by atoms with E-state index in [4.69, 9.17) is 14.3 Å². The van der Waals surface area contributed by atoms with Crippen LogP contribution in [-0.4, -0.2) is 18.3 Å². The van der Waals surface area contributed by atoms with E-state index in [2.05, 4.69) is 0 Å². The lowest BCUT2D eigenvalue weighted by Crippen LogP contribution is -2.03. The minimum absolute atomic E-state index is 0.0382. The first-order valence-corrected chi connectivity index (χ1v) is 6.49. The molecule has 0 unspecified atom stereocenters. The third kappa shape index (κ3) is 2.26. The minimum Gasteiger partial charge on any atom is -0.493 e. The van der Waals surface area contributed by atoms with Gasteiger partial charge in [-0.3, -0.25) is 4.79 Å². The highest BCUT2D eigenvalue weighted by molar-refractivity contribution is 5.90. The third-order valence-electron chi connectivity index (χ3n) is 3.12. The molecule has 0 atom stereocenters. The second kappa shape index (κ2) is 5.35. The molecule has 1 N–H and O–H groups in total. The maximum atomic E-state index is 12.3. The van der Waals surface area contributed by atoms with Gasteiger partial charge >= 0.3 is 0 Å². The highest BCUT2D eigenvalue weighted by Crippen LogP contribution is 2.22. The van der Waals surface area contributed by atoms with E-state index in [9.17, 15) is 4.79 Å². The van der Waals surface area contributed by atoms with Crippen LogP contribution in [0.25, 0.3) is 21.9 Å². The van der Waals surface area contributed by atoms with Crippen molar-refractivity contribution in [2.24, 2.45) is 0 Å². The number of aliphatic hydroxyl groups is 1. The summed E-state index contributed by atoms with van der Waals surface area (Å²) in [6, 6.07) is 12.3. The lowest BCUT2D eigenvalue weighted by molar-refractivity contribution is 0.233. The van der Waals surface area contributed by atoms with Gasteiger partial charge in [0, 0.05) is 19.1 Å². The molecule has 0 radical (unpaired) electrons. The summed E-state index contributed by atoms with van der Waals surface area (Å²) >= 11 is 0. The van der Waals surface area contributed by atoms with Crippen molar-refractivity contribution in [2.45, 2.75) is 6.42 Å². The Kier molecular flexibility index (Phi) is 3.39. The zero-order valence-electron chi connectivity index (χ0n) is 10.8. The molecule has 0 aliphatic carbocycles. The number of fused-ring (bicyclic) bond motifs is 2. The van der Waals surface area contributed by atoms with Crippen LogP contribution in [0.2, 0.25) is 0 Å². The minimum atomic E-state index is -0.0382. The van der Waals surface area contributed by atoms with Crippen molar-refractivity contribution in [3.8, 4) is 5.75 Å². The largest absolute Gasteiger partial charge is 0.493 e.